The molecule has 0 amide bonds. The van der Waals surface area contributed by atoms with Crippen molar-refractivity contribution in [3.63, 3.8) is 0 Å². The number of allylic oxidation sites excluding steroid dienone is 4. The summed E-state index contributed by atoms with van der Waals surface area (Å²) >= 11 is 0. The van der Waals surface area contributed by atoms with Crippen molar-refractivity contribution in [2.75, 3.05) is 0 Å². The van der Waals surface area contributed by atoms with Crippen molar-refractivity contribution in [3.8, 4) is 0 Å². The molecule has 0 aliphatic carbocycles. The Kier molecular flexibility index (Phi) is 19.2. The van der Waals surface area contributed by atoms with E-state index in [4.69, 9.17) is 28.4 Å². The quantitative estimate of drug-likeness (QED) is 0.136. The van der Waals surface area contributed by atoms with Gasteiger partial charge in [-0.15, -0.1) is 0 Å². The molecular formula is C48H78O15. The second-order valence-electron chi connectivity index (χ2n) is 19.0. The van der Waals surface area contributed by atoms with E-state index in [9.17, 15) is 45.3 Å². The van der Waals surface area contributed by atoms with Crippen molar-refractivity contribution < 1.29 is 73.8 Å². The molecule has 15 nitrogen and oxygen atoms in total. The van der Waals surface area contributed by atoms with Crippen LogP contribution in [-0.4, -0.2) is 133 Å². The van der Waals surface area contributed by atoms with Gasteiger partial charge in [0.2, 0.25) is 0 Å². The minimum absolute atomic E-state index is 0.0148. The second-order valence-corrected chi connectivity index (χ2v) is 19.0. The molecule has 0 bridgehead atoms. The van der Waals surface area contributed by atoms with E-state index in [0.29, 0.717) is 12.8 Å². The van der Waals surface area contributed by atoms with Gasteiger partial charge in [0.25, 0.3) is 0 Å². The molecule has 0 saturated carbocycles. The lowest BCUT2D eigenvalue weighted by molar-refractivity contribution is -0.344. The summed E-state index contributed by atoms with van der Waals surface area (Å²) < 4.78 is 36.4. The maximum atomic E-state index is 13.4. The Morgan fingerprint density at radius 1 is 0.667 bits per heavy atom. The van der Waals surface area contributed by atoms with Crippen molar-refractivity contribution in [1.29, 1.82) is 0 Å². The van der Waals surface area contributed by atoms with Crippen LogP contribution in [-0.2, 0) is 38.0 Å². The lowest BCUT2D eigenvalue weighted by Gasteiger charge is -2.50. The van der Waals surface area contributed by atoms with Crippen LogP contribution in [0.25, 0.3) is 0 Å². The molecule has 22 atom stereocenters. The van der Waals surface area contributed by atoms with Crippen LogP contribution in [0.2, 0.25) is 0 Å². The zero-order chi connectivity index (χ0) is 47.1. The first-order valence-corrected chi connectivity index (χ1v) is 23.1. The number of aliphatic hydroxyl groups is 7. The summed E-state index contributed by atoms with van der Waals surface area (Å²) in [5, 5.41) is 78.6. The average molecular weight is 895 g/mol. The van der Waals surface area contributed by atoms with E-state index in [2.05, 4.69) is 0 Å². The molecule has 4 aliphatic rings. The molecule has 63 heavy (non-hydrogen) atoms. The van der Waals surface area contributed by atoms with Crippen LogP contribution in [0.4, 0.5) is 0 Å². The molecule has 3 saturated heterocycles. The van der Waals surface area contributed by atoms with E-state index in [1.807, 2.05) is 20.8 Å². The maximum absolute atomic E-state index is 13.4. The molecule has 4 aliphatic heterocycles. The van der Waals surface area contributed by atoms with E-state index in [1.165, 1.54) is 24.3 Å². The highest BCUT2D eigenvalue weighted by Crippen LogP contribution is 2.44. The van der Waals surface area contributed by atoms with E-state index < -0.39 is 132 Å². The highest BCUT2D eigenvalue weighted by molar-refractivity contribution is 5.83. The number of carbonyl (C=O) groups excluding carboxylic acids is 2. The number of hydrogen-bond donors (Lipinski definition) is 7. The first-order valence-electron chi connectivity index (χ1n) is 23.1. The third kappa shape index (κ3) is 12.9. The third-order valence-electron chi connectivity index (χ3n) is 14.5. The minimum Gasteiger partial charge on any atom is -0.458 e. The van der Waals surface area contributed by atoms with Crippen molar-refractivity contribution in [3.05, 3.63) is 48.6 Å². The first-order chi connectivity index (χ1) is 29.5. The minimum atomic E-state index is -1.86. The molecule has 0 aromatic rings. The van der Waals surface area contributed by atoms with Gasteiger partial charge in [-0.25, -0.2) is 9.59 Å². The Morgan fingerprint density at radius 2 is 1.11 bits per heavy atom. The van der Waals surface area contributed by atoms with Gasteiger partial charge in [-0.3, -0.25) is 0 Å². The van der Waals surface area contributed by atoms with Gasteiger partial charge < -0.3 is 64.2 Å². The van der Waals surface area contributed by atoms with E-state index in [-0.39, 0.29) is 31.1 Å². The monoisotopic (exact) mass is 895 g/mol. The van der Waals surface area contributed by atoms with Crippen LogP contribution in [0.5, 0.6) is 0 Å². The van der Waals surface area contributed by atoms with Gasteiger partial charge in [0.15, 0.2) is 17.9 Å². The summed E-state index contributed by atoms with van der Waals surface area (Å²) in [5.74, 6) is -9.49. The van der Waals surface area contributed by atoms with Crippen LogP contribution >= 0.6 is 0 Å². The van der Waals surface area contributed by atoms with Gasteiger partial charge in [0.05, 0.1) is 48.8 Å². The molecule has 7 N–H and O–H groups in total. The summed E-state index contributed by atoms with van der Waals surface area (Å²) in [4.78, 5) is 26.7. The Hall–Kier alpha value is -2.54. The molecule has 360 valence electrons. The molecular weight excluding hydrogens is 817 g/mol. The normalized spacial score (nSPS) is 44.7. The predicted molar refractivity (Wildman–Crippen MR) is 233 cm³/mol. The lowest BCUT2D eigenvalue weighted by Crippen LogP contribution is -2.59. The molecule has 0 spiro atoms. The van der Waals surface area contributed by atoms with Gasteiger partial charge in [-0.05, 0) is 33.6 Å². The van der Waals surface area contributed by atoms with Crippen LogP contribution in [0.3, 0.4) is 0 Å². The van der Waals surface area contributed by atoms with Crippen LogP contribution < -0.4 is 0 Å². The number of esters is 2. The summed E-state index contributed by atoms with van der Waals surface area (Å²) in [6.45, 7) is 19.6. The molecule has 15 heteroatoms. The fraction of sp³-hybridized carbons (Fsp3) is 0.792. The SMILES string of the molecule is CC[C@@H]1[C@@H](C)O[C@@](O)([C@@H](C)[C@H](O)[C@H](C)[C@H]2OC(=O)/C=C/C=C/[C@H](C)[C@@H]([C@@H](C)[C@@H](O)[C@H](C)[C@@]3(O)C[C@@H](O)[C@H](CC)[C@@H](C)O3)OC(=O)/C=C/C=C/[C@@H]2C)C[C@H]1O[C@H]1C[C@H](O)[C@H](O)[C@H](C)O1. The van der Waals surface area contributed by atoms with Gasteiger partial charge in [0, 0.05) is 78.8 Å². The van der Waals surface area contributed by atoms with E-state index >= 15 is 0 Å². The fourth-order valence-corrected chi connectivity index (χ4v) is 10.2. The Labute approximate surface area is 374 Å². The molecule has 0 aromatic heterocycles. The topological polar surface area (TPSA) is 231 Å². The van der Waals surface area contributed by atoms with E-state index in [0.717, 1.165) is 0 Å². The Bertz CT molecular complexity index is 1570. The smallest absolute Gasteiger partial charge is 0.331 e. The number of carbonyl (C=O) groups is 2. The Balaban J connectivity index is 1.50. The number of ether oxygens (including phenoxy) is 6. The van der Waals surface area contributed by atoms with Crippen molar-refractivity contribution in [1.82, 2.24) is 0 Å². The van der Waals surface area contributed by atoms with Crippen LogP contribution in [0.1, 0.15) is 108 Å². The third-order valence-corrected chi connectivity index (χ3v) is 14.5. The predicted octanol–water partition coefficient (Wildman–Crippen LogP) is 4.24. The van der Waals surface area contributed by atoms with Crippen LogP contribution in [0, 0.1) is 47.3 Å². The first kappa shape index (κ1) is 53.1. The highest BCUT2D eigenvalue weighted by Gasteiger charge is 2.53. The number of hydrogen-bond acceptors (Lipinski definition) is 15. The number of cyclic esters (lactones) is 2. The van der Waals surface area contributed by atoms with Gasteiger partial charge in [0.1, 0.15) is 18.3 Å². The average Bonchev–Trinajstić information content (AvgIpc) is 3.21. The van der Waals surface area contributed by atoms with Crippen molar-refractivity contribution in [2.24, 2.45) is 47.3 Å². The molecule has 4 rings (SSSR count). The van der Waals surface area contributed by atoms with Crippen LogP contribution in [0.15, 0.2) is 48.6 Å². The zero-order valence-electron chi connectivity index (χ0n) is 39.1. The van der Waals surface area contributed by atoms with Crippen molar-refractivity contribution >= 4 is 11.9 Å². The van der Waals surface area contributed by atoms with Gasteiger partial charge in [-0.1, -0.05) is 91.8 Å². The van der Waals surface area contributed by atoms with Crippen molar-refractivity contribution in [2.45, 2.75) is 193 Å². The fourth-order valence-electron chi connectivity index (χ4n) is 10.2. The summed E-state index contributed by atoms with van der Waals surface area (Å²) in [6.07, 6.45) is 3.31. The number of aliphatic hydroxyl groups excluding tert-OH is 5. The van der Waals surface area contributed by atoms with E-state index in [1.54, 1.807) is 79.7 Å². The summed E-state index contributed by atoms with van der Waals surface area (Å²) in [6, 6.07) is 0. The lowest BCUT2D eigenvalue weighted by atomic mass is 9.76. The standard InChI is InChI=1S/C48H78O15/c1-12-34-31(9)62-47(56,23-37(34)50)29(7)42(53)27(5)45-25(3)18-14-16-21-40(52)61-46(26(4)19-15-17-20-39(51)60-45)28(6)43(54)30(8)48(57)24-38(35(13-2)32(10)63-48)59-41-22-36(49)44(55)33(11)58-41/h14-21,25-38,41-46,49-50,53-57H,12-13,22-24H2,1-11H3/b18-14+,19-15+,20-17+,21-16+/t25-,26-,27-,28-,29-,30-,31+,32+,33-,34+,35+,36-,37+,38+,41-,42+,43+,44+,45-,46-,47+,48+/m0/s1. The molecule has 0 unspecified atom stereocenters. The molecule has 3 fully saturated rings. The maximum Gasteiger partial charge on any atom is 0.331 e. The highest BCUT2D eigenvalue weighted by atomic mass is 16.7. The molecule has 0 radical (unpaired) electrons. The number of rotatable bonds is 12. The summed E-state index contributed by atoms with van der Waals surface area (Å²) in [5.41, 5.74) is 0. The molecule has 0 aromatic carbocycles. The largest absolute Gasteiger partial charge is 0.458 e. The Morgan fingerprint density at radius 3 is 1.54 bits per heavy atom. The second kappa shape index (κ2) is 22.8. The summed E-state index contributed by atoms with van der Waals surface area (Å²) in [7, 11) is 0. The molecule has 4 heterocycles. The van der Waals surface area contributed by atoms with Gasteiger partial charge in [-0.2, -0.15) is 0 Å². The van der Waals surface area contributed by atoms with Gasteiger partial charge >= 0.3 is 11.9 Å². The zero-order valence-corrected chi connectivity index (χ0v) is 39.1.